The molecule has 2 N–H and O–H groups in total. The van der Waals surface area contributed by atoms with Gasteiger partial charge in [-0.25, -0.2) is 0 Å². The molecule has 0 aromatic heterocycles. The third-order valence-corrected chi connectivity index (χ3v) is 3.63. The Morgan fingerprint density at radius 1 is 1.36 bits per heavy atom. The summed E-state index contributed by atoms with van der Waals surface area (Å²) in [6.07, 6.45) is 3.26. The monoisotopic (exact) mass is 348 g/mol. The highest BCUT2D eigenvalue weighted by molar-refractivity contribution is 5.78. The second-order valence-corrected chi connectivity index (χ2v) is 5.33. The van der Waals surface area contributed by atoms with E-state index < -0.39 is 11.7 Å². The number of alkyl halides is 3. The highest BCUT2D eigenvalue weighted by Crippen LogP contribution is 2.33. The van der Waals surface area contributed by atoms with Crippen molar-refractivity contribution in [1.82, 2.24) is 4.90 Å². The van der Waals surface area contributed by atoms with Gasteiger partial charge >= 0.3 is 6.18 Å². The molecule has 0 fully saturated rings. The van der Waals surface area contributed by atoms with Gasteiger partial charge in [-0.05, 0) is 31.3 Å². The summed E-state index contributed by atoms with van der Waals surface area (Å²) in [5, 5.41) is 0. The average molecular weight is 348 g/mol. The van der Waals surface area contributed by atoms with Crippen molar-refractivity contribution in [3.63, 3.8) is 0 Å². The lowest BCUT2D eigenvalue weighted by molar-refractivity contribution is -0.137. The molecule has 1 heterocycles. The Morgan fingerprint density at radius 3 is 2.68 bits per heavy atom. The Bertz CT molecular complexity index is 758. The smallest absolute Gasteiger partial charge is 0.397 e. The number of aliphatic imine (C=N–C) groups is 2. The van der Waals surface area contributed by atoms with E-state index in [1.54, 1.807) is 19.2 Å². The summed E-state index contributed by atoms with van der Waals surface area (Å²) in [5.41, 5.74) is 6.83. The van der Waals surface area contributed by atoms with Crippen molar-refractivity contribution in [2.75, 3.05) is 13.6 Å². The summed E-state index contributed by atoms with van der Waals surface area (Å²) in [6.45, 7) is 4.19. The quantitative estimate of drug-likeness (QED) is 0.649. The maximum absolute atomic E-state index is 13.0. The van der Waals surface area contributed by atoms with Gasteiger partial charge in [-0.3, -0.25) is 9.98 Å². The lowest BCUT2D eigenvalue weighted by Gasteiger charge is -2.23. The predicted molar refractivity (Wildman–Crippen MR) is 95.1 cm³/mol. The van der Waals surface area contributed by atoms with Crippen LogP contribution in [-0.2, 0) is 6.18 Å². The van der Waals surface area contributed by atoms with Crippen molar-refractivity contribution < 1.29 is 13.2 Å². The first-order chi connectivity index (χ1) is 11.9. The van der Waals surface area contributed by atoms with E-state index in [9.17, 15) is 13.2 Å². The van der Waals surface area contributed by atoms with Crippen LogP contribution in [0.1, 0.15) is 17.5 Å². The Hall–Kier alpha value is -2.83. The van der Waals surface area contributed by atoms with Crippen molar-refractivity contribution in [2.24, 2.45) is 15.7 Å². The molecule has 7 heteroatoms. The van der Waals surface area contributed by atoms with Crippen LogP contribution in [0.15, 0.2) is 64.0 Å². The van der Waals surface area contributed by atoms with Crippen LogP contribution in [0.4, 0.5) is 13.2 Å². The Labute approximate surface area is 144 Å². The molecule has 1 aromatic rings. The van der Waals surface area contributed by atoms with Gasteiger partial charge in [0.25, 0.3) is 0 Å². The summed E-state index contributed by atoms with van der Waals surface area (Å²) < 4.78 is 39.1. The largest absolute Gasteiger partial charge is 0.416 e. The van der Waals surface area contributed by atoms with Crippen LogP contribution >= 0.6 is 0 Å². The van der Waals surface area contributed by atoms with Crippen molar-refractivity contribution in [1.29, 1.82) is 0 Å². The van der Waals surface area contributed by atoms with Crippen molar-refractivity contribution >= 4 is 18.6 Å². The first kappa shape index (κ1) is 18.5. The highest BCUT2D eigenvalue weighted by Gasteiger charge is 2.31. The lowest BCUT2D eigenvalue weighted by Crippen LogP contribution is -2.21. The maximum atomic E-state index is 13.0. The van der Waals surface area contributed by atoms with Gasteiger partial charge in [0.05, 0.1) is 22.7 Å². The SMILES string of the molecule is C=N/C(=C(/C(N)=C/C=NC)N1C=CCC1)c1cccc(C(F)(F)F)c1. The van der Waals surface area contributed by atoms with E-state index in [1.165, 1.54) is 12.3 Å². The minimum Gasteiger partial charge on any atom is -0.397 e. The molecule has 0 bridgehead atoms. The minimum absolute atomic E-state index is 0.288. The number of benzene rings is 1. The molecule has 25 heavy (non-hydrogen) atoms. The van der Waals surface area contributed by atoms with Gasteiger partial charge in [0.2, 0.25) is 0 Å². The standard InChI is InChI=1S/C18H19F3N4/c1-23-9-8-15(22)17(25-10-3-4-11-25)16(24-2)13-6-5-7-14(12-13)18(19,20)21/h3,5-10,12H,2,4,11,22H2,1H3/b15-8-,17-16-,23-9?. The van der Waals surface area contributed by atoms with Gasteiger partial charge in [0.1, 0.15) is 0 Å². The molecule has 0 aliphatic carbocycles. The van der Waals surface area contributed by atoms with E-state index in [4.69, 9.17) is 5.73 Å². The second kappa shape index (κ2) is 7.83. The maximum Gasteiger partial charge on any atom is 0.416 e. The molecule has 0 unspecified atom stereocenters. The molecule has 0 saturated heterocycles. The lowest BCUT2D eigenvalue weighted by atomic mass is 10.0. The summed E-state index contributed by atoms with van der Waals surface area (Å²) >= 11 is 0. The first-order valence-corrected chi connectivity index (χ1v) is 7.58. The fourth-order valence-corrected chi connectivity index (χ4v) is 2.49. The number of rotatable bonds is 5. The molecule has 1 aliphatic heterocycles. The topological polar surface area (TPSA) is 54.0 Å². The Morgan fingerprint density at radius 2 is 2.12 bits per heavy atom. The zero-order valence-electron chi connectivity index (χ0n) is 13.8. The van der Waals surface area contributed by atoms with E-state index in [2.05, 4.69) is 16.7 Å². The number of nitrogens with two attached hydrogens (primary N) is 1. The fraction of sp³-hybridized carbons (Fsp3) is 0.222. The number of hydrogen-bond donors (Lipinski definition) is 1. The van der Waals surface area contributed by atoms with Gasteiger partial charge in [-0.1, -0.05) is 18.2 Å². The van der Waals surface area contributed by atoms with E-state index in [0.717, 1.165) is 18.6 Å². The van der Waals surface area contributed by atoms with Crippen LogP contribution in [-0.4, -0.2) is 31.4 Å². The molecule has 1 aliphatic rings. The zero-order valence-corrected chi connectivity index (χ0v) is 13.8. The molecule has 0 saturated carbocycles. The Balaban J connectivity index is 2.64. The summed E-state index contributed by atoms with van der Waals surface area (Å²) in [7, 11) is 1.60. The number of halogens is 3. The van der Waals surface area contributed by atoms with E-state index in [0.29, 0.717) is 23.5 Å². The third-order valence-electron chi connectivity index (χ3n) is 3.63. The first-order valence-electron chi connectivity index (χ1n) is 7.58. The molecule has 1 aromatic carbocycles. The van der Waals surface area contributed by atoms with E-state index in [-0.39, 0.29) is 5.70 Å². The summed E-state index contributed by atoms with van der Waals surface area (Å²) in [5.74, 6) is 0. The van der Waals surface area contributed by atoms with Crippen molar-refractivity contribution in [3.8, 4) is 0 Å². The Kier molecular flexibility index (Phi) is 5.80. The molecule has 0 atom stereocenters. The molecule has 2 rings (SSSR count). The van der Waals surface area contributed by atoms with Crippen LogP contribution in [0.3, 0.4) is 0 Å². The van der Waals surface area contributed by atoms with Gasteiger partial charge in [0, 0.05) is 31.6 Å². The van der Waals surface area contributed by atoms with Crippen molar-refractivity contribution in [2.45, 2.75) is 12.6 Å². The van der Waals surface area contributed by atoms with E-state index in [1.807, 2.05) is 17.2 Å². The normalized spacial score (nSPS) is 16.5. The minimum atomic E-state index is -4.44. The van der Waals surface area contributed by atoms with E-state index >= 15 is 0 Å². The van der Waals surface area contributed by atoms with Gasteiger partial charge in [0.15, 0.2) is 0 Å². The molecule has 132 valence electrons. The van der Waals surface area contributed by atoms with Crippen LogP contribution in [0, 0.1) is 0 Å². The summed E-state index contributed by atoms with van der Waals surface area (Å²) in [4.78, 5) is 9.68. The fourth-order valence-electron chi connectivity index (χ4n) is 2.49. The molecular weight excluding hydrogens is 329 g/mol. The van der Waals surface area contributed by atoms with Crippen LogP contribution in [0.2, 0.25) is 0 Å². The molecular formula is C18H19F3N4. The van der Waals surface area contributed by atoms with Crippen LogP contribution in [0.5, 0.6) is 0 Å². The number of hydrogen-bond acceptors (Lipinski definition) is 4. The van der Waals surface area contributed by atoms with Gasteiger partial charge in [-0.15, -0.1) is 0 Å². The van der Waals surface area contributed by atoms with Gasteiger partial charge < -0.3 is 10.6 Å². The number of nitrogens with zero attached hydrogens (tertiary/aromatic N) is 3. The predicted octanol–water partition coefficient (Wildman–Crippen LogP) is 3.84. The molecule has 4 nitrogen and oxygen atoms in total. The van der Waals surface area contributed by atoms with Crippen molar-refractivity contribution in [3.05, 3.63) is 65.1 Å². The summed E-state index contributed by atoms with van der Waals surface area (Å²) in [6, 6.07) is 4.96. The van der Waals surface area contributed by atoms with Gasteiger partial charge in [-0.2, -0.15) is 13.2 Å². The zero-order chi connectivity index (χ0) is 18.4. The number of allylic oxidation sites excluding steroid dienone is 1. The second-order valence-electron chi connectivity index (χ2n) is 5.33. The molecule has 0 spiro atoms. The van der Waals surface area contributed by atoms with Crippen LogP contribution in [0.25, 0.3) is 5.70 Å². The third kappa shape index (κ3) is 4.37. The average Bonchev–Trinajstić information content (AvgIpc) is 3.10. The highest BCUT2D eigenvalue weighted by atomic mass is 19.4. The molecule has 0 radical (unpaired) electrons. The molecule has 0 amide bonds. The van der Waals surface area contributed by atoms with Crippen LogP contribution < -0.4 is 5.73 Å².